The summed E-state index contributed by atoms with van der Waals surface area (Å²) < 4.78 is 0. The van der Waals surface area contributed by atoms with Gasteiger partial charge in [0.25, 0.3) is 0 Å². The fourth-order valence-electron chi connectivity index (χ4n) is 3.42. The van der Waals surface area contributed by atoms with Crippen molar-refractivity contribution in [1.29, 1.82) is 0 Å². The Bertz CT molecular complexity index is 549. The summed E-state index contributed by atoms with van der Waals surface area (Å²) in [7, 11) is 2.08. The van der Waals surface area contributed by atoms with Crippen LogP contribution in [0.5, 0.6) is 0 Å². The fourth-order valence-corrected chi connectivity index (χ4v) is 3.89. The van der Waals surface area contributed by atoms with Crippen molar-refractivity contribution >= 4 is 21.1 Å². The van der Waals surface area contributed by atoms with Crippen molar-refractivity contribution < 1.29 is 51.0 Å². The summed E-state index contributed by atoms with van der Waals surface area (Å²) in [6.07, 6.45) is 8.33. The first kappa shape index (κ1) is 22.5. The van der Waals surface area contributed by atoms with E-state index in [4.69, 9.17) is 5.32 Å². The van der Waals surface area contributed by atoms with Crippen LogP contribution >= 0.6 is 0 Å². The second-order valence-corrected chi connectivity index (χ2v) is 6.92. The summed E-state index contributed by atoms with van der Waals surface area (Å²) in [5.74, 6) is 0.724. The Morgan fingerprint density at radius 3 is 2.64 bits per heavy atom. The van der Waals surface area contributed by atoms with Gasteiger partial charge >= 0.3 is 26.2 Å². The molecule has 0 aliphatic heterocycles. The fraction of sp³-hybridized carbons (Fsp3) is 0.471. The van der Waals surface area contributed by atoms with Crippen molar-refractivity contribution in [3.8, 4) is 0 Å². The predicted molar refractivity (Wildman–Crippen MR) is 86.5 cm³/mol. The molecule has 0 aromatic heterocycles. The normalized spacial score (nSPS) is 28.9. The van der Waals surface area contributed by atoms with Crippen LogP contribution in [0.3, 0.4) is 0 Å². The molecular formula is C17H22Cl2NSiZr. The SMILES string of the molecule is CC1CCCC(C)([N-]C2C=Cc3ccccc32)C1=[SiH2].[Cl-].[Cl-].[Zr+3]. The summed E-state index contributed by atoms with van der Waals surface area (Å²) in [6.45, 7) is 4.69. The van der Waals surface area contributed by atoms with Crippen molar-refractivity contribution in [1.82, 2.24) is 0 Å². The van der Waals surface area contributed by atoms with Crippen LogP contribution in [0.2, 0.25) is 0 Å². The average Bonchev–Trinajstić information content (AvgIpc) is 2.80. The van der Waals surface area contributed by atoms with Gasteiger partial charge in [0, 0.05) is 0 Å². The quantitative estimate of drug-likeness (QED) is 0.462. The summed E-state index contributed by atoms with van der Waals surface area (Å²) in [5, 5.41) is 6.82. The molecule has 1 nitrogen and oxygen atoms in total. The number of rotatable bonds is 2. The van der Waals surface area contributed by atoms with Crippen molar-refractivity contribution in [2.45, 2.75) is 44.7 Å². The minimum atomic E-state index is 0. The van der Waals surface area contributed by atoms with E-state index < -0.39 is 0 Å². The zero-order chi connectivity index (χ0) is 13.5. The standard InChI is InChI=1S/C17H22NSi.2ClH.Zr/c1-12-6-5-11-17(2,16(12)19)18-15-10-9-13-7-3-4-8-14(13)15;;;/h3-4,7-10,12,15H,5-6,11,19H2,1-2H3;2*1H;/q-1;;;+3/p-2. The van der Waals surface area contributed by atoms with Crippen LogP contribution in [-0.4, -0.2) is 20.6 Å². The van der Waals surface area contributed by atoms with Crippen LogP contribution in [0, 0.1) is 5.92 Å². The molecule has 22 heavy (non-hydrogen) atoms. The van der Waals surface area contributed by atoms with Gasteiger partial charge in [-0.15, -0.1) is 10.7 Å². The van der Waals surface area contributed by atoms with Crippen LogP contribution in [0.15, 0.2) is 30.3 Å². The Hall–Kier alpha value is 0.470. The maximum Gasteiger partial charge on any atom is 3.00 e. The molecule has 2 aliphatic carbocycles. The van der Waals surface area contributed by atoms with E-state index in [1.54, 1.807) is 5.17 Å². The molecule has 0 N–H and O–H groups in total. The minimum absolute atomic E-state index is 0. The molecule has 2 aliphatic rings. The third-order valence-electron chi connectivity index (χ3n) is 4.78. The molecule has 0 heterocycles. The average molecular weight is 431 g/mol. The van der Waals surface area contributed by atoms with Crippen molar-refractivity contribution in [3.63, 3.8) is 0 Å². The molecular weight excluding hydrogens is 408 g/mol. The van der Waals surface area contributed by atoms with Crippen LogP contribution in [0.4, 0.5) is 0 Å². The van der Waals surface area contributed by atoms with Crippen LogP contribution < -0.4 is 24.8 Å². The van der Waals surface area contributed by atoms with Crippen LogP contribution in [0.1, 0.15) is 50.3 Å². The Kier molecular flexibility index (Phi) is 9.28. The van der Waals surface area contributed by atoms with E-state index >= 15 is 0 Å². The molecule has 1 saturated carbocycles. The molecule has 0 spiro atoms. The Morgan fingerprint density at radius 1 is 1.23 bits per heavy atom. The first-order chi connectivity index (χ1) is 9.10. The zero-order valence-corrected chi connectivity index (χ0v) is 18.5. The van der Waals surface area contributed by atoms with Crippen molar-refractivity contribution in [2.75, 3.05) is 0 Å². The van der Waals surface area contributed by atoms with E-state index in [2.05, 4.69) is 60.1 Å². The second kappa shape index (κ2) is 9.08. The molecule has 1 aromatic rings. The van der Waals surface area contributed by atoms with Gasteiger partial charge < -0.3 is 30.1 Å². The van der Waals surface area contributed by atoms with E-state index in [9.17, 15) is 0 Å². The van der Waals surface area contributed by atoms with E-state index in [1.807, 2.05) is 0 Å². The Morgan fingerprint density at radius 2 is 1.91 bits per heavy atom. The first-order valence-corrected chi connectivity index (χ1v) is 7.99. The first-order valence-electron chi connectivity index (χ1n) is 7.28. The van der Waals surface area contributed by atoms with Gasteiger partial charge in [-0.25, -0.2) is 0 Å². The largest absolute Gasteiger partial charge is 3.00 e. The molecule has 3 rings (SSSR count). The molecule has 1 radical (unpaired) electrons. The number of nitrogens with zero attached hydrogens (tertiary/aromatic N) is 1. The van der Waals surface area contributed by atoms with E-state index in [0.717, 1.165) is 5.92 Å². The molecule has 3 atom stereocenters. The predicted octanol–water partition coefficient (Wildman–Crippen LogP) is -2.48. The molecule has 0 saturated heterocycles. The Labute approximate surface area is 168 Å². The molecule has 1 fully saturated rings. The van der Waals surface area contributed by atoms with Gasteiger partial charge in [-0.3, -0.25) is 0 Å². The molecule has 5 heteroatoms. The van der Waals surface area contributed by atoms with Crippen LogP contribution in [-0.2, 0) is 26.2 Å². The molecule has 0 bridgehead atoms. The van der Waals surface area contributed by atoms with Gasteiger partial charge in [-0.2, -0.15) is 0 Å². The third kappa shape index (κ3) is 4.30. The topological polar surface area (TPSA) is 14.1 Å². The zero-order valence-electron chi connectivity index (χ0n) is 13.2. The van der Waals surface area contributed by atoms with Gasteiger partial charge in [0.2, 0.25) is 0 Å². The van der Waals surface area contributed by atoms with Gasteiger partial charge in [-0.05, 0) is 27.8 Å². The second-order valence-electron chi connectivity index (χ2n) is 6.15. The van der Waals surface area contributed by atoms with E-state index in [-0.39, 0.29) is 62.6 Å². The number of hydrogen-bond donors (Lipinski definition) is 0. The van der Waals surface area contributed by atoms with Gasteiger partial charge in [0.1, 0.15) is 0 Å². The molecule has 1 aromatic carbocycles. The van der Waals surface area contributed by atoms with Gasteiger partial charge in [0.05, 0.1) is 0 Å². The van der Waals surface area contributed by atoms with Gasteiger partial charge in [-0.1, -0.05) is 74.7 Å². The number of fused-ring (bicyclic) bond motifs is 1. The van der Waals surface area contributed by atoms with Gasteiger partial charge in [0.15, 0.2) is 0 Å². The maximum absolute atomic E-state index is 5.22. The molecule has 3 unspecified atom stereocenters. The summed E-state index contributed by atoms with van der Waals surface area (Å²) >= 11 is 0. The van der Waals surface area contributed by atoms with Crippen LogP contribution in [0.25, 0.3) is 11.4 Å². The Balaban J connectivity index is 0.00000147. The van der Waals surface area contributed by atoms with E-state index in [1.165, 1.54) is 30.4 Å². The molecule has 117 valence electrons. The minimum Gasteiger partial charge on any atom is -1.00 e. The van der Waals surface area contributed by atoms with Crippen molar-refractivity contribution in [3.05, 3.63) is 46.8 Å². The summed E-state index contributed by atoms with van der Waals surface area (Å²) in [4.78, 5) is 0. The smallest absolute Gasteiger partial charge is 1.00 e. The maximum atomic E-state index is 5.22. The third-order valence-corrected chi connectivity index (χ3v) is 6.24. The summed E-state index contributed by atoms with van der Waals surface area (Å²) in [5.41, 5.74) is 2.78. The van der Waals surface area contributed by atoms with Crippen molar-refractivity contribution in [2.24, 2.45) is 5.92 Å². The number of hydrogen-bond acceptors (Lipinski definition) is 0. The summed E-state index contributed by atoms with van der Waals surface area (Å²) in [6, 6.07) is 8.89. The van der Waals surface area contributed by atoms with E-state index in [0.29, 0.717) is 0 Å². The number of halogens is 2. The monoisotopic (exact) mass is 428 g/mol. The molecule has 0 amide bonds. The number of benzene rings is 1.